The van der Waals surface area contributed by atoms with Gasteiger partial charge in [0.25, 0.3) is 5.91 Å². The van der Waals surface area contributed by atoms with Gasteiger partial charge >= 0.3 is 0 Å². The minimum absolute atomic E-state index is 0.240. The molecule has 0 bridgehead atoms. The molecule has 0 aromatic carbocycles. The molecule has 0 radical (unpaired) electrons. The summed E-state index contributed by atoms with van der Waals surface area (Å²) in [4.78, 5) is 15.6. The van der Waals surface area contributed by atoms with Gasteiger partial charge in [0.15, 0.2) is 0 Å². The van der Waals surface area contributed by atoms with Crippen molar-refractivity contribution in [2.45, 2.75) is 6.42 Å². The molecule has 0 aliphatic carbocycles. The molecule has 1 aromatic heterocycles. The van der Waals surface area contributed by atoms with Crippen molar-refractivity contribution in [2.75, 3.05) is 13.1 Å². The number of halogens is 1. The van der Waals surface area contributed by atoms with E-state index in [1.165, 1.54) is 11.3 Å². The summed E-state index contributed by atoms with van der Waals surface area (Å²) in [6.45, 7) is 4.26. The average molecular weight is 246 g/mol. The second-order valence-corrected chi connectivity index (χ2v) is 4.34. The number of nitrogens with one attached hydrogen (secondary N) is 1. The van der Waals surface area contributed by atoms with Gasteiger partial charge in [-0.05, 0) is 6.54 Å². The highest BCUT2D eigenvalue weighted by Gasteiger charge is 2.09. The summed E-state index contributed by atoms with van der Waals surface area (Å²) in [5.41, 5.74) is 5.79. The number of aromatic nitrogens is 1. The Morgan fingerprint density at radius 2 is 2.47 bits per heavy atom. The van der Waals surface area contributed by atoms with Crippen LogP contribution in [0.15, 0.2) is 17.0 Å². The fourth-order valence-electron chi connectivity index (χ4n) is 0.920. The van der Waals surface area contributed by atoms with Gasteiger partial charge in [-0.3, -0.25) is 4.79 Å². The number of rotatable bonds is 5. The molecule has 0 fully saturated rings. The second kappa shape index (κ2) is 5.85. The van der Waals surface area contributed by atoms with Gasteiger partial charge in [0.05, 0.1) is 11.6 Å². The first-order valence-corrected chi connectivity index (χ1v) is 5.65. The molecule has 6 heteroatoms. The van der Waals surface area contributed by atoms with Gasteiger partial charge in [-0.15, -0.1) is 11.3 Å². The minimum Gasteiger partial charge on any atom is -0.346 e. The number of nitrogens with two attached hydrogens (primary N) is 1. The average Bonchev–Trinajstić information content (AvgIpc) is 2.63. The first kappa shape index (κ1) is 12.2. The van der Waals surface area contributed by atoms with Crippen LogP contribution in [0.25, 0.3) is 0 Å². The van der Waals surface area contributed by atoms with E-state index in [2.05, 4.69) is 16.9 Å². The summed E-state index contributed by atoms with van der Waals surface area (Å²) in [5, 5.41) is 5.56. The lowest BCUT2D eigenvalue weighted by atomic mass is 10.4. The topological polar surface area (TPSA) is 68.0 Å². The lowest BCUT2D eigenvalue weighted by molar-refractivity contribution is 0.0953. The number of hydrogen-bond donors (Lipinski definition) is 2. The summed E-state index contributed by atoms with van der Waals surface area (Å²) >= 11 is 6.95. The van der Waals surface area contributed by atoms with Crippen LogP contribution in [0, 0.1) is 0 Å². The molecule has 1 heterocycles. The number of nitrogens with zero attached hydrogens (tertiary/aromatic N) is 1. The van der Waals surface area contributed by atoms with Crippen molar-refractivity contribution in [1.29, 1.82) is 0 Å². The maximum absolute atomic E-state index is 11.5. The lowest BCUT2D eigenvalue weighted by Gasteiger charge is -1.99. The Kier molecular flexibility index (Phi) is 4.74. The molecule has 0 spiro atoms. The molecule has 3 N–H and O–H groups in total. The van der Waals surface area contributed by atoms with Crippen LogP contribution in [-0.2, 0) is 6.42 Å². The van der Waals surface area contributed by atoms with E-state index in [1.54, 1.807) is 5.38 Å². The van der Waals surface area contributed by atoms with Crippen LogP contribution in [0.4, 0.5) is 0 Å². The second-order valence-electron chi connectivity index (χ2n) is 2.87. The van der Waals surface area contributed by atoms with E-state index in [0.717, 1.165) is 5.01 Å². The fraction of sp³-hybridized carbons (Fsp3) is 0.333. The molecule has 1 amide bonds. The number of carbonyl (C=O) groups is 1. The van der Waals surface area contributed by atoms with Gasteiger partial charge in [0.2, 0.25) is 0 Å². The Bertz CT molecular complexity index is 364. The van der Waals surface area contributed by atoms with Crippen LogP contribution < -0.4 is 11.1 Å². The molecule has 4 nitrogen and oxygen atoms in total. The van der Waals surface area contributed by atoms with E-state index >= 15 is 0 Å². The molecule has 0 aliphatic rings. The molecule has 1 aromatic rings. The third-order valence-electron chi connectivity index (χ3n) is 1.58. The molecule has 82 valence electrons. The van der Waals surface area contributed by atoms with Crippen molar-refractivity contribution in [2.24, 2.45) is 5.73 Å². The van der Waals surface area contributed by atoms with E-state index < -0.39 is 0 Å². The van der Waals surface area contributed by atoms with Gasteiger partial charge in [-0.25, -0.2) is 4.98 Å². The maximum Gasteiger partial charge on any atom is 0.271 e. The van der Waals surface area contributed by atoms with Crippen molar-refractivity contribution in [3.8, 4) is 0 Å². The third-order valence-corrected chi connectivity index (χ3v) is 2.63. The van der Waals surface area contributed by atoms with E-state index in [1.807, 2.05) is 0 Å². The smallest absolute Gasteiger partial charge is 0.271 e. The maximum atomic E-state index is 11.5. The standard InChI is InChI=1S/C9H12ClN3OS/c1-6(10)4-12-9(14)7-5-15-8(13-7)2-3-11/h5H,1-4,11H2,(H,12,14). The molecule has 1 rings (SSSR count). The molecular formula is C9H12ClN3OS. The molecule has 0 saturated heterocycles. The van der Waals surface area contributed by atoms with Crippen molar-refractivity contribution in [3.05, 3.63) is 27.7 Å². The highest BCUT2D eigenvalue weighted by Crippen LogP contribution is 2.09. The van der Waals surface area contributed by atoms with Crippen LogP contribution in [0.2, 0.25) is 0 Å². The van der Waals surface area contributed by atoms with Crippen LogP contribution in [-0.4, -0.2) is 24.0 Å². The number of thiazole rings is 1. The molecule has 0 atom stereocenters. The summed E-state index contributed by atoms with van der Waals surface area (Å²) in [7, 11) is 0. The first-order valence-electron chi connectivity index (χ1n) is 4.39. The van der Waals surface area contributed by atoms with Crippen LogP contribution in [0.5, 0.6) is 0 Å². The SMILES string of the molecule is C=C(Cl)CNC(=O)c1csc(CCN)n1. The van der Waals surface area contributed by atoms with Crippen LogP contribution in [0.1, 0.15) is 15.5 Å². The number of amides is 1. The summed E-state index contributed by atoms with van der Waals surface area (Å²) in [5.74, 6) is -0.240. The van der Waals surface area contributed by atoms with Crippen molar-refractivity contribution >= 4 is 28.8 Å². The van der Waals surface area contributed by atoms with E-state index in [4.69, 9.17) is 17.3 Å². The van der Waals surface area contributed by atoms with Crippen LogP contribution in [0.3, 0.4) is 0 Å². The van der Waals surface area contributed by atoms with Crippen molar-refractivity contribution in [1.82, 2.24) is 10.3 Å². The molecule has 15 heavy (non-hydrogen) atoms. The van der Waals surface area contributed by atoms with E-state index in [0.29, 0.717) is 23.7 Å². The Balaban J connectivity index is 2.54. The van der Waals surface area contributed by atoms with Crippen LogP contribution >= 0.6 is 22.9 Å². The molecule has 0 aliphatic heterocycles. The van der Waals surface area contributed by atoms with Crippen molar-refractivity contribution < 1.29 is 4.79 Å². The summed E-state index contributed by atoms with van der Waals surface area (Å²) in [6.07, 6.45) is 0.695. The highest BCUT2D eigenvalue weighted by atomic mass is 35.5. The van der Waals surface area contributed by atoms with E-state index in [-0.39, 0.29) is 12.5 Å². The number of carbonyl (C=O) groups excluding carboxylic acids is 1. The first-order chi connectivity index (χ1) is 7.13. The third kappa shape index (κ3) is 3.99. The zero-order valence-corrected chi connectivity index (χ0v) is 9.70. The van der Waals surface area contributed by atoms with Gasteiger partial charge in [-0.2, -0.15) is 0 Å². The Morgan fingerprint density at radius 3 is 3.07 bits per heavy atom. The summed E-state index contributed by atoms with van der Waals surface area (Å²) < 4.78 is 0. The van der Waals surface area contributed by atoms with Gasteiger partial charge in [-0.1, -0.05) is 18.2 Å². The number of hydrogen-bond acceptors (Lipinski definition) is 4. The van der Waals surface area contributed by atoms with Crippen molar-refractivity contribution in [3.63, 3.8) is 0 Å². The minimum atomic E-state index is -0.240. The van der Waals surface area contributed by atoms with Gasteiger partial charge in [0.1, 0.15) is 5.69 Å². The molecule has 0 unspecified atom stereocenters. The lowest BCUT2D eigenvalue weighted by Crippen LogP contribution is -2.24. The monoisotopic (exact) mass is 245 g/mol. The Morgan fingerprint density at radius 1 is 1.73 bits per heavy atom. The molecule has 0 saturated carbocycles. The highest BCUT2D eigenvalue weighted by molar-refractivity contribution is 7.09. The molecular weight excluding hydrogens is 234 g/mol. The zero-order valence-electron chi connectivity index (χ0n) is 8.12. The van der Waals surface area contributed by atoms with Gasteiger partial charge in [0, 0.05) is 16.8 Å². The normalized spacial score (nSPS) is 10.0. The fourth-order valence-corrected chi connectivity index (χ4v) is 1.78. The van der Waals surface area contributed by atoms with E-state index in [9.17, 15) is 4.79 Å². The Labute approximate surface area is 97.1 Å². The predicted octanol–water partition coefficient (Wildman–Crippen LogP) is 1.13. The summed E-state index contributed by atoms with van der Waals surface area (Å²) in [6, 6.07) is 0. The quantitative estimate of drug-likeness (QED) is 0.817. The predicted molar refractivity (Wildman–Crippen MR) is 62.2 cm³/mol. The largest absolute Gasteiger partial charge is 0.346 e. The Hall–Kier alpha value is -0.910. The zero-order chi connectivity index (χ0) is 11.3. The van der Waals surface area contributed by atoms with Gasteiger partial charge < -0.3 is 11.1 Å².